The van der Waals surface area contributed by atoms with Gasteiger partial charge < -0.3 is 14.7 Å². The van der Waals surface area contributed by atoms with Crippen LogP contribution in [0.4, 0.5) is 5.95 Å². The van der Waals surface area contributed by atoms with Crippen LogP contribution in [0.15, 0.2) is 34.9 Å². The molecule has 8 heteroatoms. The Bertz CT molecular complexity index is 1110. The maximum absolute atomic E-state index is 12.8. The van der Waals surface area contributed by atoms with Gasteiger partial charge in [-0.3, -0.25) is 0 Å². The van der Waals surface area contributed by atoms with Gasteiger partial charge in [-0.1, -0.05) is 24.1 Å². The first kappa shape index (κ1) is 18.4. The van der Waals surface area contributed by atoms with E-state index in [0.717, 1.165) is 36.2 Å². The van der Waals surface area contributed by atoms with Gasteiger partial charge in [0.2, 0.25) is 11.8 Å². The van der Waals surface area contributed by atoms with Crippen LogP contribution >= 0.6 is 0 Å². The molecule has 0 spiro atoms. The number of anilines is 1. The average Bonchev–Trinajstić information content (AvgIpc) is 3.07. The Kier molecular flexibility index (Phi) is 4.27. The molecule has 3 aliphatic rings. The van der Waals surface area contributed by atoms with Crippen LogP contribution in [-0.4, -0.2) is 24.5 Å². The zero-order chi connectivity index (χ0) is 20.2. The van der Waals surface area contributed by atoms with Crippen LogP contribution in [0.1, 0.15) is 48.9 Å². The molecule has 1 saturated carbocycles. The van der Waals surface area contributed by atoms with E-state index in [1.165, 1.54) is 18.6 Å². The lowest BCUT2D eigenvalue weighted by molar-refractivity contribution is 0.0793. The molecule has 1 aromatic carbocycles. The topological polar surface area (TPSA) is 104 Å². The molecule has 0 bridgehead atoms. The molecule has 0 unspecified atom stereocenters. The Morgan fingerprint density at radius 3 is 2.66 bits per heavy atom. The number of rotatable bonds is 3. The number of ether oxygens (including phenoxy) is 1. The summed E-state index contributed by atoms with van der Waals surface area (Å²) in [6.07, 6.45) is 5.86. The first-order valence-corrected chi connectivity index (χ1v) is 11.4. The molecule has 2 aromatic rings. The summed E-state index contributed by atoms with van der Waals surface area (Å²) >= 11 is 0. The number of allylic oxidation sites excluding steroid dienone is 1. The van der Waals surface area contributed by atoms with Crippen LogP contribution < -0.4 is 9.92 Å². The lowest BCUT2D eigenvalue weighted by Gasteiger charge is -2.26. The standard InChI is InChI=1S/C21H23N3O4S/c1-12-6-8-13(9-7-12)29(25,26)28-20-15-10-11-17-18(19(15)23-21(22)24-20)14-4-2-3-5-16(14)27-17/h6-9,14,16H,2-5,10-11H2,1H3,(H2,22,23,24)/t14-,16+/m1/s1. The maximum Gasteiger partial charge on any atom is 0.340 e. The van der Waals surface area contributed by atoms with Gasteiger partial charge in [-0.2, -0.15) is 13.4 Å². The fraction of sp³-hybridized carbons (Fsp3) is 0.429. The van der Waals surface area contributed by atoms with Crippen molar-refractivity contribution in [2.45, 2.75) is 56.4 Å². The van der Waals surface area contributed by atoms with Crippen molar-refractivity contribution in [2.24, 2.45) is 5.92 Å². The SMILES string of the molecule is Cc1ccc(S(=O)(=O)Oc2nc(N)nc3c2CCC2=C3[C@@H]3CCCC[C@@H]3O2)cc1. The maximum atomic E-state index is 12.8. The Balaban J connectivity index is 1.55. The van der Waals surface area contributed by atoms with Crippen LogP contribution in [0, 0.1) is 12.8 Å². The zero-order valence-corrected chi connectivity index (χ0v) is 17.0. The second kappa shape index (κ2) is 6.73. The highest BCUT2D eigenvalue weighted by Crippen LogP contribution is 2.50. The molecule has 7 nitrogen and oxygen atoms in total. The molecule has 0 radical (unpaired) electrons. The third-order valence-corrected chi connectivity index (χ3v) is 7.24. The molecule has 1 aromatic heterocycles. The normalized spacial score (nSPS) is 23.1. The van der Waals surface area contributed by atoms with Gasteiger partial charge in [-0.25, -0.2) is 4.98 Å². The highest BCUT2D eigenvalue weighted by atomic mass is 32.2. The summed E-state index contributed by atoms with van der Waals surface area (Å²) in [5.74, 6) is 1.29. The van der Waals surface area contributed by atoms with E-state index in [2.05, 4.69) is 9.97 Å². The van der Waals surface area contributed by atoms with Gasteiger partial charge in [-0.15, -0.1) is 0 Å². The van der Waals surface area contributed by atoms with Crippen molar-refractivity contribution in [1.82, 2.24) is 9.97 Å². The lowest BCUT2D eigenvalue weighted by Crippen LogP contribution is -2.23. The summed E-state index contributed by atoms with van der Waals surface area (Å²) in [7, 11) is -4.02. The number of nitrogen functional groups attached to an aromatic ring is 1. The summed E-state index contributed by atoms with van der Waals surface area (Å²) < 4.78 is 37.3. The van der Waals surface area contributed by atoms with Gasteiger partial charge in [0.15, 0.2) is 0 Å². The van der Waals surface area contributed by atoms with Crippen molar-refractivity contribution < 1.29 is 17.3 Å². The molecule has 2 atom stereocenters. The molecule has 29 heavy (non-hydrogen) atoms. The van der Waals surface area contributed by atoms with Gasteiger partial charge in [0.1, 0.15) is 16.8 Å². The number of aryl methyl sites for hydroxylation is 1. The fourth-order valence-corrected chi connectivity index (χ4v) is 5.53. The molecule has 1 fully saturated rings. The molecule has 2 N–H and O–H groups in total. The Morgan fingerprint density at radius 2 is 1.86 bits per heavy atom. The molecular weight excluding hydrogens is 390 g/mol. The highest BCUT2D eigenvalue weighted by Gasteiger charge is 2.42. The van der Waals surface area contributed by atoms with Crippen LogP contribution in [0.5, 0.6) is 5.88 Å². The third kappa shape index (κ3) is 3.15. The van der Waals surface area contributed by atoms with Crippen molar-refractivity contribution in [1.29, 1.82) is 0 Å². The predicted octanol–water partition coefficient (Wildman–Crippen LogP) is 3.38. The molecular formula is C21H23N3O4S. The minimum Gasteiger partial charge on any atom is -0.494 e. The van der Waals surface area contributed by atoms with Crippen molar-refractivity contribution in [3.8, 4) is 5.88 Å². The van der Waals surface area contributed by atoms with E-state index in [4.69, 9.17) is 14.7 Å². The zero-order valence-electron chi connectivity index (χ0n) is 16.2. The first-order chi connectivity index (χ1) is 13.9. The van der Waals surface area contributed by atoms with Crippen molar-refractivity contribution >= 4 is 21.6 Å². The molecule has 2 heterocycles. The predicted molar refractivity (Wildman–Crippen MR) is 108 cm³/mol. The van der Waals surface area contributed by atoms with E-state index in [-0.39, 0.29) is 28.7 Å². The smallest absolute Gasteiger partial charge is 0.340 e. The van der Waals surface area contributed by atoms with E-state index in [9.17, 15) is 8.42 Å². The molecule has 2 aliphatic carbocycles. The largest absolute Gasteiger partial charge is 0.494 e. The van der Waals surface area contributed by atoms with Crippen LogP contribution in [0.25, 0.3) is 5.57 Å². The second-order valence-electron chi connectivity index (χ2n) is 7.95. The number of nitrogens with two attached hydrogens (primary N) is 1. The Hall–Kier alpha value is -2.61. The van der Waals surface area contributed by atoms with Gasteiger partial charge >= 0.3 is 10.1 Å². The summed E-state index contributed by atoms with van der Waals surface area (Å²) in [5.41, 5.74) is 9.38. The number of benzene rings is 1. The monoisotopic (exact) mass is 413 g/mol. The van der Waals surface area contributed by atoms with Crippen molar-refractivity contribution in [3.63, 3.8) is 0 Å². The van der Waals surface area contributed by atoms with Crippen LogP contribution in [0.3, 0.4) is 0 Å². The molecule has 0 amide bonds. The summed E-state index contributed by atoms with van der Waals surface area (Å²) in [6.45, 7) is 1.90. The molecule has 1 aliphatic heterocycles. The summed E-state index contributed by atoms with van der Waals surface area (Å²) in [6, 6.07) is 6.52. The quantitative estimate of drug-likeness (QED) is 0.769. The highest BCUT2D eigenvalue weighted by molar-refractivity contribution is 7.87. The number of hydrogen-bond donors (Lipinski definition) is 1. The van der Waals surface area contributed by atoms with Crippen molar-refractivity contribution in [2.75, 3.05) is 5.73 Å². The second-order valence-corrected chi connectivity index (χ2v) is 9.50. The molecule has 0 saturated heterocycles. The minimum absolute atomic E-state index is 0.00543. The minimum atomic E-state index is -4.02. The van der Waals surface area contributed by atoms with E-state index in [1.807, 2.05) is 6.92 Å². The Morgan fingerprint density at radius 1 is 1.10 bits per heavy atom. The van der Waals surface area contributed by atoms with E-state index >= 15 is 0 Å². The van der Waals surface area contributed by atoms with E-state index in [0.29, 0.717) is 24.1 Å². The van der Waals surface area contributed by atoms with Gasteiger partial charge in [0.05, 0.1) is 5.69 Å². The first-order valence-electron chi connectivity index (χ1n) is 10.00. The van der Waals surface area contributed by atoms with Crippen molar-refractivity contribution in [3.05, 3.63) is 46.8 Å². The number of aromatic nitrogens is 2. The van der Waals surface area contributed by atoms with Crippen LogP contribution in [-0.2, 0) is 21.3 Å². The number of hydrogen-bond acceptors (Lipinski definition) is 7. The number of nitrogens with zero attached hydrogens (tertiary/aromatic N) is 2. The van der Waals surface area contributed by atoms with E-state index in [1.54, 1.807) is 12.1 Å². The lowest BCUT2D eigenvalue weighted by atomic mass is 9.79. The fourth-order valence-electron chi connectivity index (χ4n) is 4.61. The summed E-state index contributed by atoms with van der Waals surface area (Å²) in [5, 5.41) is 0. The Labute approximate surface area is 170 Å². The summed E-state index contributed by atoms with van der Waals surface area (Å²) in [4.78, 5) is 8.70. The molecule has 152 valence electrons. The number of fused-ring (bicyclic) bond motifs is 4. The van der Waals surface area contributed by atoms with Gasteiger partial charge in [0.25, 0.3) is 0 Å². The van der Waals surface area contributed by atoms with E-state index < -0.39 is 10.1 Å². The third-order valence-electron chi connectivity index (χ3n) is 6.01. The van der Waals surface area contributed by atoms with Gasteiger partial charge in [-0.05, 0) is 44.7 Å². The average molecular weight is 413 g/mol. The van der Waals surface area contributed by atoms with Crippen LogP contribution in [0.2, 0.25) is 0 Å². The van der Waals surface area contributed by atoms with Gasteiger partial charge in [0, 0.05) is 23.5 Å². The molecule has 5 rings (SSSR count).